The van der Waals surface area contributed by atoms with Crippen molar-refractivity contribution in [1.82, 2.24) is 0 Å². The Kier molecular flexibility index (Phi) is 6.58. The molecule has 2 N–H and O–H groups in total. The van der Waals surface area contributed by atoms with Gasteiger partial charge in [-0.2, -0.15) is 0 Å². The van der Waals surface area contributed by atoms with E-state index in [1.807, 2.05) is 19.1 Å². The second kappa shape index (κ2) is 7.98. The molecule has 1 aromatic carbocycles. The van der Waals surface area contributed by atoms with E-state index in [9.17, 15) is 0 Å². The van der Waals surface area contributed by atoms with Crippen molar-refractivity contribution < 1.29 is 9.47 Å². The molecule has 0 atom stereocenters. The Labute approximate surface area is 110 Å². The van der Waals surface area contributed by atoms with E-state index in [2.05, 4.69) is 19.9 Å². The van der Waals surface area contributed by atoms with Crippen molar-refractivity contribution in [2.45, 2.75) is 46.1 Å². The minimum Gasteiger partial charge on any atom is -0.490 e. The first-order valence-corrected chi connectivity index (χ1v) is 6.87. The lowest BCUT2D eigenvalue weighted by molar-refractivity contribution is 0.182. The molecule has 3 nitrogen and oxygen atoms in total. The second-order valence-electron chi connectivity index (χ2n) is 4.31. The molecule has 1 rings (SSSR count). The molecule has 0 aliphatic rings. The highest BCUT2D eigenvalue weighted by molar-refractivity contribution is 5.43. The molecule has 0 aromatic heterocycles. The van der Waals surface area contributed by atoms with Crippen LogP contribution >= 0.6 is 0 Å². The molecule has 0 spiro atoms. The number of nitrogens with two attached hydrogens (primary N) is 1. The summed E-state index contributed by atoms with van der Waals surface area (Å²) in [5.41, 5.74) is 6.77. The highest BCUT2D eigenvalue weighted by Gasteiger charge is 2.11. The maximum absolute atomic E-state index is 5.97. The van der Waals surface area contributed by atoms with Crippen molar-refractivity contribution in [2.75, 3.05) is 13.2 Å². The molecule has 102 valence electrons. The van der Waals surface area contributed by atoms with Crippen LogP contribution in [-0.4, -0.2) is 19.3 Å². The van der Waals surface area contributed by atoms with Gasteiger partial charge >= 0.3 is 0 Å². The van der Waals surface area contributed by atoms with Crippen LogP contribution < -0.4 is 15.2 Å². The van der Waals surface area contributed by atoms with Crippen LogP contribution in [0.4, 0.5) is 0 Å². The summed E-state index contributed by atoms with van der Waals surface area (Å²) >= 11 is 0. The van der Waals surface area contributed by atoms with E-state index in [0.717, 1.165) is 30.8 Å². The van der Waals surface area contributed by atoms with Gasteiger partial charge in [0, 0.05) is 0 Å². The molecular formula is C15H25NO2. The number of benzene rings is 1. The van der Waals surface area contributed by atoms with Gasteiger partial charge in [0.05, 0.1) is 12.7 Å². The van der Waals surface area contributed by atoms with E-state index in [1.54, 1.807) is 0 Å². The van der Waals surface area contributed by atoms with Gasteiger partial charge in [0.1, 0.15) is 0 Å². The maximum atomic E-state index is 5.97. The van der Waals surface area contributed by atoms with Crippen molar-refractivity contribution in [3.63, 3.8) is 0 Å². The zero-order chi connectivity index (χ0) is 13.4. The first kappa shape index (κ1) is 14.8. The summed E-state index contributed by atoms with van der Waals surface area (Å²) in [5.74, 6) is 1.67. The third-order valence-electron chi connectivity index (χ3n) is 2.95. The minimum atomic E-state index is 0.254. The van der Waals surface area contributed by atoms with Gasteiger partial charge in [0.15, 0.2) is 11.5 Å². The average Bonchev–Trinajstić information content (AvgIpc) is 2.39. The van der Waals surface area contributed by atoms with Crippen LogP contribution in [0.15, 0.2) is 18.2 Å². The molecule has 0 amide bonds. The Balaban J connectivity index is 2.88. The van der Waals surface area contributed by atoms with E-state index in [-0.39, 0.29) is 6.10 Å². The molecule has 0 radical (unpaired) electrons. The van der Waals surface area contributed by atoms with E-state index in [4.69, 9.17) is 15.2 Å². The smallest absolute Gasteiger partial charge is 0.161 e. The molecule has 0 bridgehead atoms. The SMILES string of the molecule is CCOc1cc(CCN)ccc1OC(CC)CC. The summed E-state index contributed by atoms with van der Waals surface area (Å²) < 4.78 is 11.6. The van der Waals surface area contributed by atoms with Gasteiger partial charge in [0.2, 0.25) is 0 Å². The van der Waals surface area contributed by atoms with Crippen LogP contribution in [0, 0.1) is 0 Å². The molecule has 0 aliphatic heterocycles. The Morgan fingerprint density at radius 2 is 1.83 bits per heavy atom. The third-order valence-corrected chi connectivity index (χ3v) is 2.95. The fourth-order valence-electron chi connectivity index (χ4n) is 1.88. The molecular weight excluding hydrogens is 226 g/mol. The van der Waals surface area contributed by atoms with Crippen LogP contribution in [0.5, 0.6) is 11.5 Å². The first-order chi connectivity index (χ1) is 8.74. The van der Waals surface area contributed by atoms with Crippen LogP contribution in [0.3, 0.4) is 0 Å². The van der Waals surface area contributed by atoms with Crippen molar-refractivity contribution in [3.8, 4) is 11.5 Å². The van der Waals surface area contributed by atoms with Crippen LogP contribution in [0.25, 0.3) is 0 Å². The highest BCUT2D eigenvalue weighted by Crippen LogP contribution is 2.30. The zero-order valence-electron chi connectivity index (χ0n) is 11.7. The number of hydrogen-bond acceptors (Lipinski definition) is 3. The van der Waals surface area contributed by atoms with Crippen LogP contribution in [0.1, 0.15) is 39.2 Å². The van der Waals surface area contributed by atoms with Gasteiger partial charge in [-0.15, -0.1) is 0 Å². The zero-order valence-corrected chi connectivity index (χ0v) is 11.7. The standard InChI is InChI=1S/C15H25NO2/c1-4-13(5-2)18-14-8-7-12(9-10-16)11-15(14)17-6-3/h7-8,11,13H,4-6,9-10,16H2,1-3H3. The Morgan fingerprint density at radius 1 is 1.11 bits per heavy atom. The molecule has 0 saturated carbocycles. The van der Waals surface area contributed by atoms with E-state index in [0.29, 0.717) is 13.2 Å². The van der Waals surface area contributed by atoms with Crippen molar-refractivity contribution in [3.05, 3.63) is 23.8 Å². The number of hydrogen-bond donors (Lipinski definition) is 1. The summed E-state index contributed by atoms with van der Waals surface area (Å²) in [6, 6.07) is 6.09. The summed E-state index contributed by atoms with van der Waals surface area (Å²) in [6.07, 6.45) is 3.13. The molecule has 0 aliphatic carbocycles. The van der Waals surface area contributed by atoms with Gasteiger partial charge in [-0.3, -0.25) is 0 Å². The first-order valence-electron chi connectivity index (χ1n) is 6.87. The summed E-state index contributed by atoms with van der Waals surface area (Å²) in [7, 11) is 0. The second-order valence-corrected chi connectivity index (χ2v) is 4.31. The lowest BCUT2D eigenvalue weighted by Gasteiger charge is -2.19. The minimum absolute atomic E-state index is 0.254. The predicted octanol–water partition coefficient (Wildman–Crippen LogP) is 3.15. The van der Waals surface area contributed by atoms with Crippen molar-refractivity contribution >= 4 is 0 Å². The topological polar surface area (TPSA) is 44.5 Å². The fraction of sp³-hybridized carbons (Fsp3) is 0.600. The Bertz CT molecular complexity index is 348. The molecule has 0 saturated heterocycles. The normalized spacial score (nSPS) is 10.7. The molecule has 18 heavy (non-hydrogen) atoms. The third kappa shape index (κ3) is 4.22. The number of ether oxygens (including phenoxy) is 2. The van der Waals surface area contributed by atoms with Gasteiger partial charge in [0.25, 0.3) is 0 Å². The fourth-order valence-corrected chi connectivity index (χ4v) is 1.88. The summed E-state index contributed by atoms with van der Waals surface area (Å²) in [4.78, 5) is 0. The monoisotopic (exact) mass is 251 g/mol. The lowest BCUT2D eigenvalue weighted by atomic mass is 10.1. The van der Waals surface area contributed by atoms with Gasteiger partial charge < -0.3 is 15.2 Å². The molecule has 0 fully saturated rings. The lowest BCUT2D eigenvalue weighted by Crippen LogP contribution is -2.14. The highest BCUT2D eigenvalue weighted by atomic mass is 16.5. The van der Waals surface area contributed by atoms with Crippen LogP contribution in [-0.2, 0) is 6.42 Å². The Hall–Kier alpha value is -1.22. The quantitative estimate of drug-likeness (QED) is 0.772. The maximum Gasteiger partial charge on any atom is 0.161 e. The van der Waals surface area contributed by atoms with Gasteiger partial charge in [-0.05, 0) is 50.4 Å². The molecule has 3 heteroatoms. The van der Waals surface area contributed by atoms with Gasteiger partial charge in [-0.1, -0.05) is 19.9 Å². The molecule has 0 heterocycles. The van der Waals surface area contributed by atoms with Crippen molar-refractivity contribution in [1.29, 1.82) is 0 Å². The summed E-state index contributed by atoms with van der Waals surface area (Å²) in [6.45, 7) is 7.55. The predicted molar refractivity (Wildman–Crippen MR) is 75.4 cm³/mol. The van der Waals surface area contributed by atoms with Crippen molar-refractivity contribution in [2.24, 2.45) is 5.73 Å². The molecule has 1 aromatic rings. The van der Waals surface area contributed by atoms with E-state index >= 15 is 0 Å². The van der Waals surface area contributed by atoms with E-state index in [1.165, 1.54) is 5.56 Å². The summed E-state index contributed by atoms with van der Waals surface area (Å²) in [5, 5.41) is 0. The average molecular weight is 251 g/mol. The van der Waals surface area contributed by atoms with Gasteiger partial charge in [-0.25, -0.2) is 0 Å². The van der Waals surface area contributed by atoms with E-state index < -0.39 is 0 Å². The number of rotatable bonds is 8. The van der Waals surface area contributed by atoms with Crippen LogP contribution in [0.2, 0.25) is 0 Å². The molecule has 0 unspecified atom stereocenters. The largest absolute Gasteiger partial charge is 0.490 e. The Morgan fingerprint density at radius 3 is 2.39 bits per heavy atom.